The van der Waals surface area contributed by atoms with Gasteiger partial charge in [0.25, 0.3) is 0 Å². The molecule has 0 spiro atoms. The number of nitrogens with one attached hydrogen (secondary N) is 1. The molecule has 0 saturated carbocycles. The van der Waals surface area contributed by atoms with Crippen molar-refractivity contribution in [1.29, 1.82) is 0 Å². The highest BCUT2D eigenvalue weighted by Gasteiger charge is 2.07. The summed E-state index contributed by atoms with van der Waals surface area (Å²) in [6.07, 6.45) is 0. The van der Waals surface area contributed by atoms with Crippen LogP contribution >= 0.6 is 12.4 Å². The molecular formula is C12H20ClNO. The molecule has 86 valence electrons. The Balaban J connectivity index is 0.00000196. The lowest BCUT2D eigenvalue weighted by molar-refractivity contribution is 0.413. The molecule has 1 N–H and O–H groups in total. The molecule has 0 aliphatic heterocycles. The molecule has 3 heteroatoms. The number of hydrogen-bond donors (Lipinski definition) is 1. The van der Waals surface area contributed by atoms with Crippen LogP contribution in [-0.4, -0.2) is 12.6 Å². The Labute approximate surface area is 98.4 Å². The average molecular weight is 230 g/mol. The van der Waals surface area contributed by atoms with Crippen LogP contribution in [0.1, 0.15) is 26.3 Å². The minimum atomic E-state index is 0. The standard InChI is InChI=1S/C12H19NO.ClH/c1-12(2,3)13-9-10-5-7-11(14-4)8-6-10;/h5-8,13H,9H2,1-4H3;1H. The third kappa shape index (κ3) is 5.65. The van der Waals surface area contributed by atoms with E-state index in [1.54, 1.807) is 7.11 Å². The summed E-state index contributed by atoms with van der Waals surface area (Å²) in [5.74, 6) is 0.907. The minimum Gasteiger partial charge on any atom is -0.497 e. The summed E-state index contributed by atoms with van der Waals surface area (Å²) in [7, 11) is 1.68. The topological polar surface area (TPSA) is 21.3 Å². The zero-order valence-electron chi connectivity index (χ0n) is 9.83. The molecule has 15 heavy (non-hydrogen) atoms. The number of hydrogen-bond acceptors (Lipinski definition) is 2. The largest absolute Gasteiger partial charge is 0.497 e. The fourth-order valence-electron chi connectivity index (χ4n) is 1.11. The van der Waals surface area contributed by atoms with E-state index in [2.05, 4.69) is 38.2 Å². The van der Waals surface area contributed by atoms with Crippen LogP contribution in [0.5, 0.6) is 5.75 Å². The molecule has 0 radical (unpaired) electrons. The smallest absolute Gasteiger partial charge is 0.118 e. The monoisotopic (exact) mass is 229 g/mol. The summed E-state index contributed by atoms with van der Waals surface area (Å²) in [6.45, 7) is 7.39. The number of methoxy groups -OCH3 is 1. The maximum Gasteiger partial charge on any atom is 0.118 e. The average Bonchev–Trinajstić information content (AvgIpc) is 2.14. The highest BCUT2D eigenvalue weighted by atomic mass is 35.5. The molecule has 0 heterocycles. The fraction of sp³-hybridized carbons (Fsp3) is 0.500. The molecule has 0 fully saturated rings. The third-order valence-corrected chi connectivity index (χ3v) is 1.98. The van der Waals surface area contributed by atoms with E-state index in [1.807, 2.05) is 12.1 Å². The Kier molecular flexibility index (Phi) is 5.69. The van der Waals surface area contributed by atoms with Crippen molar-refractivity contribution in [1.82, 2.24) is 5.32 Å². The SMILES string of the molecule is COc1ccc(CNC(C)(C)C)cc1.Cl. The summed E-state index contributed by atoms with van der Waals surface area (Å²) >= 11 is 0. The van der Waals surface area contributed by atoms with Gasteiger partial charge in [0, 0.05) is 12.1 Å². The summed E-state index contributed by atoms with van der Waals surface area (Å²) in [6, 6.07) is 8.13. The predicted molar refractivity (Wildman–Crippen MR) is 66.8 cm³/mol. The number of benzene rings is 1. The fourth-order valence-corrected chi connectivity index (χ4v) is 1.11. The highest BCUT2D eigenvalue weighted by molar-refractivity contribution is 5.85. The van der Waals surface area contributed by atoms with Crippen molar-refractivity contribution < 1.29 is 4.74 Å². The summed E-state index contributed by atoms with van der Waals surface area (Å²) in [5.41, 5.74) is 1.45. The molecule has 0 bridgehead atoms. The van der Waals surface area contributed by atoms with Crippen molar-refractivity contribution in [3.05, 3.63) is 29.8 Å². The Morgan fingerprint density at radius 1 is 1.13 bits per heavy atom. The van der Waals surface area contributed by atoms with Gasteiger partial charge in [0.2, 0.25) is 0 Å². The van der Waals surface area contributed by atoms with Gasteiger partial charge in [-0.15, -0.1) is 12.4 Å². The van der Waals surface area contributed by atoms with Crippen LogP contribution in [-0.2, 0) is 6.54 Å². The second kappa shape index (κ2) is 5.99. The van der Waals surface area contributed by atoms with Gasteiger partial charge in [-0.2, -0.15) is 0 Å². The molecule has 0 aliphatic rings. The van der Waals surface area contributed by atoms with Crippen molar-refractivity contribution in [3.8, 4) is 5.75 Å². The number of ether oxygens (including phenoxy) is 1. The van der Waals surface area contributed by atoms with Gasteiger partial charge >= 0.3 is 0 Å². The van der Waals surface area contributed by atoms with Crippen LogP contribution in [0, 0.1) is 0 Å². The van der Waals surface area contributed by atoms with E-state index in [4.69, 9.17) is 4.74 Å². The highest BCUT2D eigenvalue weighted by Crippen LogP contribution is 2.11. The van der Waals surface area contributed by atoms with Gasteiger partial charge in [-0.1, -0.05) is 12.1 Å². The lowest BCUT2D eigenvalue weighted by atomic mass is 10.1. The number of halogens is 1. The zero-order valence-corrected chi connectivity index (χ0v) is 10.6. The van der Waals surface area contributed by atoms with Gasteiger partial charge in [-0.05, 0) is 38.5 Å². The summed E-state index contributed by atoms with van der Waals surface area (Å²) in [4.78, 5) is 0. The van der Waals surface area contributed by atoms with E-state index in [1.165, 1.54) is 5.56 Å². The molecule has 0 saturated heterocycles. The van der Waals surface area contributed by atoms with E-state index in [0.717, 1.165) is 12.3 Å². The molecule has 1 rings (SSSR count). The van der Waals surface area contributed by atoms with Crippen molar-refractivity contribution in [2.24, 2.45) is 0 Å². The number of rotatable bonds is 3. The molecular weight excluding hydrogens is 210 g/mol. The van der Waals surface area contributed by atoms with Gasteiger partial charge in [0.05, 0.1) is 7.11 Å². The molecule has 0 atom stereocenters. The maximum atomic E-state index is 5.09. The quantitative estimate of drug-likeness (QED) is 0.861. The Morgan fingerprint density at radius 3 is 2.07 bits per heavy atom. The van der Waals surface area contributed by atoms with E-state index in [0.29, 0.717) is 0 Å². The third-order valence-electron chi connectivity index (χ3n) is 1.98. The second-order valence-electron chi connectivity index (χ2n) is 4.45. The van der Waals surface area contributed by atoms with Gasteiger partial charge in [0.1, 0.15) is 5.75 Å². The van der Waals surface area contributed by atoms with Gasteiger partial charge in [-0.25, -0.2) is 0 Å². The second-order valence-corrected chi connectivity index (χ2v) is 4.45. The van der Waals surface area contributed by atoms with Crippen LogP contribution < -0.4 is 10.1 Å². The van der Waals surface area contributed by atoms with E-state index >= 15 is 0 Å². The molecule has 0 amide bonds. The lowest BCUT2D eigenvalue weighted by Gasteiger charge is -2.20. The van der Waals surface area contributed by atoms with Gasteiger partial charge in [0.15, 0.2) is 0 Å². The first-order chi connectivity index (χ1) is 6.51. The van der Waals surface area contributed by atoms with Crippen LogP contribution in [0.3, 0.4) is 0 Å². The van der Waals surface area contributed by atoms with Gasteiger partial charge < -0.3 is 10.1 Å². The Bertz CT molecular complexity index is 277. The Hall–Kier alpha value is -0.730. The van der Waals surface area contributed by atoms with Crippen LogP contribution in [0.25, 0.3) is 0 Å². The van der Waals surface area contributed by atoms with E-state index in [-0.39, 0.29) is 17.9 Å². The molecule has 1 aromatic rings. The minimum absolute atomic E-state index is 0. The molecule has 0 unspecified atom stereocenters. The van der Waals surface area contributed by atoms with E-state index < -0.39 is 0 Å². The van der Waals surface area contributed by atoms with Crippen molar-refractivity contribution in [2.45, 2.75) is 32.9 Å². The van der Waals surface area contributed by atoms with Crippen LogP contribution in [0.2, 0.25) is 0 Å². The predicted octanol–water partition coefficient (Wildman–Crippen LogP) is 3.01. The van der Waals surface area contributed by atoms with Crippen molar-refractivity contribution >= 4 is 12.4 Å². The first kappa shape index (κ1) is 14.3. The van der Waals surface area contributed by atoms with Crippen molar-refractivity contribution in [2.75, 3.05) is 7.11 Å². The molecule has 1 aromatic carbocycles. The maximum absolute atomic E-state index is 5.09. The Morgan fingerprint density at radius 2 is 1.67 bits per heavy atom. The van der Waals surface area contributed by atoms with Crippen molar-refractivity contribution in [3.63, 3.8) is 0 Å². The first-order valence-electron chi connectivity index (χ1n) is 4.89. The summed E-state index contributed by atoms with van der Waals surface area (Å²) < 4.78 is 5.09. The molecule has 0 aromatic heterocycles. The van der Waals surface area contributed by atoms with Crippen LogP contribution in [0.15, 0.2) is 24.3 Å². The van der Waals surface area contributed by atoms with Crippen LogP contribution in [0.4, 0.5) is 0 Å². The molecule has 0 aliphatic carbocycles. The zero-order chi connectivity index (χ0) is 10.6. The van der Waals surface area contributed by atoms with E-state index in [9.17, 15) is 0 Å². The normalized spacial score (nSPS) is 10.7. The molecule has 2 nitrogen and oxygen atoms in total. The summed E-state index contributed by atoms with van der Waals surface area (Å²) in [5, 5.41) is 3.43. The lowest BCUT2D eigenvalue weighted by Crippen LogP contribution is -2.34. The first-order valence-corrected chi connectivity index (χ1v) is 4.89. The van der Waals surface area contributed by atoms with Gasteiger partial charge in [-0.3, -0.25) is 0 Å².